The van der Waals surface area contributed by atoms with Crippen molar-refractivity contribution in [1.29, 1.82) is 0 Å². The summed E-state index contributed by atoms with van der Waals surface area (Å²) in [6.45, 7) is 5.69. The van der Waals surface area contributed by atoms with Gasteiger partial charge in [0, 0.05) is 15.4 Å². The highest BCUT2D eigenvalue weighted by atomic mass is 79.9. The Bertz CT molecular complexity index is 379. The molecular formula is C15H23BrClNS. The van der Waals surface area contributed by atoms with E-state index in [1.165, 1.54) is 37.0 Å². The number of halogens is 2. The molecule has 1 unspecified atom stereocenters. The minimum absolute atomic E-state index is 0.487. The third-order valence-corrected chi connectivity index (χ3v) is 6.67. The summed E-state index contributed by atoms with van der Waals surface area (Å²) in [5.41, 5.74) is 0. The lowest BCUT2D eigenvalue weighted by molar-refractivity contribution is 0.233. The number of nitrogens with one attached hydrogen (secondary N) is 1. The number of hydrogen-bond acceptors (Lipinski definition) is 2. The van der Waals surface area contributed by atoms with Gasteiger partial charge >= 0.3 is 0 Å². The Kier molecular flexibility index (Phi) is 6.19. The highest BCUT2D eigenvalue weighted by molar-refractivity contribution is 9.10. The Labute approximate surface area is 134 Å². The zero-order valence-electron chi connectivity index (χ0n) is 11.7. The summed E-state index contributed by atoms with van der Waals surface area (Å²) in [7, 11) is 0. The quantitative estimate of drug-likeness (QED) is 0.672. The highest BCUT2D eigenvalue weighted by Crippen LogP contribution is 2.42. The van der Waals surface area contributed by atoms with E-state index in [4.69, 9.17) is 11.6 Å². The molecule has 108 valence electrons. The Morgan fingerprint density at radius 1 is 1.42 bits per heavy atom. The van der Waals surface area contributed by atoms with Crippen LogP contribution in [0.4, 0.5) is 0 Å². The van der Waals surface area contributed by atoms with Gasteiger partial charge in [0.25, 0.3) is 0 Å². The maximum Gasteiger partial charge on any atom is 0.107 e. The molecule has 1 aliphatic carbocycles. The standard InChI is InChI=1S/C15H23BrClNS/c1-3-8-18-14(11-6-4-10(2)5-7-11)13-9-12(16)15(17)19-13/h9-11,14,18H,3-8H2,1-2H3. The first-order valence-corrected chi connectivity index (χ1v) is 9.28. The Hall–Kier alpha value is 0.430. The van der Waals surface area contributed by atoms with Gasteiger partial charge in [-0.2, -0.15) is 0 Å². The Morgan fingerprint density at radius 3 is 2.63 bits per heavy atom. The highest BCUT2D eigenvalue weighted by Gasteiger charge is 2.28. The van der Waals surface area contributed by atoms with Gasteiger partial charge in [-0.05, 0) is 59.6 Å². The number of thiophene rings is 1. The van der Waals surface area contributed by atoms with E-state index in [1.54, 1.807) is 11.3 Å². The zero-order chi connectivity index (χ0) is 13.8. The fourth-order valence-corrected chi connectivity index (χ4v) is 4.84. The average molecular weight is 365 g/mol. The maximum absolute atomic E-state index is 6.21. The molecule has 0 spiro atoms. The molecule has 0 amide bonds. The molecule has 1 aromatic heterocycles. The van der Waals surface area contributed by atoms with Gasteiger partial charge < -0.3 is 5.32 Å². The molecule has 1 aromatic rings. The first kappa shape index (κ1) is 15.8. The van der Waals surface area contributed by atoms with Crippen LogP contribution in [-0.2, 0) is 0 Å². The van der Waals surface area contributed by atoms with Crippen LogP contribution in [0.1, 0.15) is 56.9 Å². The zero-order valence-corrected chi connectivity index (χ0v) is 14.9. The molecule has 2 rings (SSSR count). The maximum atomic E-state index is 6.21. The van der Waals surface area contributed by atoms with Crippen LogP contribution in [0, 0.1) is 11.8 Å². The molecule has 0 aliphatic heterocycles. The molecule has 19 heavy (non-hydrogen) atoms. The van der Waals surface area contributed by atoms with E-state index < -0.39 is 0 Å². The summed E-state index contributed by atoms with van der Waals surface area (Å²) in [4.78, 5) is 1.39. The first-order valence-electron chi connectivity index (χ1n) is 7.30. The minimum Gasteiger partial charge on any atom is -0.309 e. The van der Waals surface area contributed by atoms with Crippen molar-refractivity contribution in [2.75, 3.05) is 6.54 Å². The molecule has 1 fully saturated rings. The molecule has 0 aromatic carbocycles. The molecule has 1 aliphatic rings. The summed E-state index contributed by atoms with van der Waals surface area (Å²) in [5.74, 6) is 1.67. The van der Waals surface area contributed by atoms with Crippen LogP contribution >= 0.6 is 38.9 Å². The number of hydrogen-bond donors (Lipinski definition) is 1. The third kappa shape index (κ3) is 4.20. The van der Waals surface area contributed by atoms with Crippen molar-refractivity contribution in [2.24, 2.45) is 11.8 Å². The van der Waals surface area contributed by atoms with E-state index in [2.05, 4.69) is 41.2 Å². The van der Waals surface area contributed by atoms with Crippen LogP contribution in [0.3, 0.4) is 0 Å². The molecule has 4 heteroatoms. The van der Waals surface area contributed by atoms with Crippen molar-refractivity contribution >= 4 is 38.9 Å². The second kappa shape index (κ2) is 7.44. The molecule has 1 saturated carbocycles. The fourth-order valence-electron chi connectivity index (χ4n) is 2.94. The van der Waals surface area contributed by atoms with Gasteiger partial charge in [-0.25, -0.2) is 0 Å². The molecule has 0 radical (unpaired) electrons. The first-order chi connectivity index (χ1) is 9.11. The van der Waals surface area contributed by atoms with E-state index in [1.807, 2.05) is 0 Å². The van der Waals surface area contributed by atoms with Crippen molar-refractivity contribution < 1.29 is 0 Å². The molecular weight excluding hydrogens is 342 g/mol. The SMILES string of the molecule is CCCNC(c1cc(Br)c(Cl)s1)C1CCC(C)CC1. The van der Waals surface area contributed by atoms with Crippen LogP contribution in [0.25, 0.3) is 0 Å². The van der Waals surface area contributed by atoms with Crippen LogP contribution < -0.4 is 5.32 Å². The summed E-state index contributed by atoms with van der Waals surface area (Å²) >= 11 is 11.5. The molecule has 1 heterocycles. The van der Waals surface area contributed by atoms with E-state index in [0.29, 0.717) is 6.04 Å². The topological polar surface area (TPSA) is 12.0 Å². The summed E-state index contributed by atoms with van der Waals surface area (Å²) < 4.78 is 1.92. The Morgan fingerprint density at radius 2 is 2.11 bits per heavy atom. The second-order valence-electron chi connectivity index (χ2n) is 5.72. The summed E-state index contributed by atoms with van der Waals surface area (Å²) in [6.07, 6.45) is 6.61. The van der Waals surface area contributed by atoms with Gasteiger partial charge in [-0.15, -0.1) is 11.3 Å². The van der Waals surface area contributed by atoms with Gasteiger partial charge in [0.2, 0.25) is 0 Å². The van der Waals surface area contributed by atoms with Crippen molar-refractivity contribution in [3.63, 3.8) is 0 Å². The lowest BCUT2D eigenvalue weighted by atomic mass is 9.79. The second-order valence-corrected chi connectivity index (χ2v) is 8.26. The van der Waals surface area contributed by atoms with Gasteiger partial charge in [-0.3, -0.25) is 0 Å². The van der Waals surface area contributed by atoms with Crippen molar-refractivity contribution in [2.45, 2.75) is 52.0 Å². The lowest BCUT2D eigenvalue weighted by Crippen LogP contribution is -2.30. The molecule has 0 saturated heterocycles. The smallest absolute Gasteiger partial charge is 0.107 e. The monoisotopic (exact) mass is 363 g/mol. The summed E-state index contributed by atoms with van der Waals surface area (Å²) in [5, 5.41) is 3.74. The molecule has 1 N–H and O–H groups in total. The normalized spacial score (nSPS) is 25.5. The van der Waals surface area contributed by atoms with Gasteiger partial charge in [0.05, 0.1) is 0 Å². The van der Waals surface area contributed by atoms with E-state index >= 15 is 0 Å². The predicted molar refractivity (Wildman–Crippen MR) is 89.2 cm³/mol. The lowest BCUT2D eigenvalue weighted by Gasteiger charge is -2.33. The minimum atomic E-state index is 0.487. The average Bonchev–Trinajstić information content (AvgIpc) is 2.72. The van der Waals surface area contributed by atoms with Crippen molar-refractivity contribution in [1.82, 2.24) is 5.32 Å². The van der Waals surface area contributed by atoms with Gasteiger partial charge in [0.15, 0.2) is 0 Å². The molecule has 1 nitrogen and oxygen atoms in total. The molecule has 1 atom stereocenters. The van der Waals surface area contributed by atoms with Gasteiger partial charge in [-0.1, -0.05) is 38.3 Å². The summed E-state index contributed by atoms with van der Waals surface area (Å²) in [6, 6.07) is 2.69. The van der Waals surface area contributed by atoms with E-state index in [-0.39, 0.29) is 0 Å². The van der Waals surface area contributed by atoms with Crippen LogP contribution in [0.5, 0.6) is 0 Å². The Balaban J connectivity index is 2.10. The van der Waals surface area contributed by atoms with Gasteiger partial charge in [0.1, 0.15) is 4.34 Å². The fraction of sp³-hybridized carbons (Fsp3) is 0.733. The predicted octanol–water partition coefficient (Wildman–Crippen LogP) is 6.03. The van der Waals surface area contributed by atoms with E-state index in [0.717, 1.165) is 27.2 Å². The third-order valence-electron chi connectivity index (χ3n) is 4.12. The van der Waals surface area contributed by atoms with Crippen molar-refractivity contribution in [3.05, 3.63) is 19.8 Å². The van der Waals surface area contributed by atoms with E-state index in [9.17, 15) is 0 Å². The largest absolute Gasteiger partial charge is 0.309 e. The van der Waals surface area contributed by atoms with Crippen molar-refractivity contribution in [3.8, 4) is 0 Å². The van der Waals surface area contributed by atoms with Crippen LogP contribution in [0.15, 0.2) is 10.5 Å². The van der Waals surface area contributed by atoms with Crippen LogP contribution in [-0.4, -0.2) is 6.54 Å². The molecule has 0 bridgehead atoms. The van der Waals surface area contributed by atoms with Crippen LogP contribution in [0.2, 0.25) is 4.34 Å². The number of rotatable bonds is 5.